The molecule has 3 aromatic rings. The topological polar surface area (TPSA) is 59.7 Å². The van der Waals surface area contributed by atoms with E-state index in [0.29, 0.717) is 5.92 Å². The summed E-state index contributed by atoms with van der Waals surface area (Å²) in [5, 5.41) is 9.44. The zero-order valence-corrected chi connectivity index (χ0v) is 13.5. The van der Waals surface area contributed by atoms with Gasteiger partial charge in [0.25, 0.3) is 0 Å². The van der Waals surface area contributed by atoms with Crippen molar-refractivity contribution in [1.29, 1.82) is 0 Å². The monoisotopic (exact) mass is 314 g/mol. The summed E-state index contributed by atoms with van der Waals surface area (Å²) < 4.78 is 2.03. The van der Waals surface area contributed by atoms with Crippen molar-refractivity contribution < 1.29 is 0 Å². The number of nitrogens with zero attached hydrogens (tertiary/aromatic N) is 6. The van der Waals surface area contributed by atoms with Crippen LogP contribution in [0.25, 0.3) is 10.2 Å². The molecular weight excluding hydrogens is 296 g/mol. The highest BCUT2D eigenvalue weighted by Crippen LogP contribution is 2.33. The van der Waals surface area contributed by atoms with E-state index in [1.807, 2.05) is 11.6 Å². The van der Waals surface area contributed by atoms with Crippen LogP contribution in [0.1, 0.15) is 29.5 Å². The molecule has 0 atom stereocenters. The minimum atomic E-state index is 0.491. The van der Waals surface area contributed by atoms with E-state index in [4.69, 9.17) is 0 Å². The number of aryl methyl sites for hydroxylation is 2. The third-order valence-electron chi connectivity index (χ3n) is 4.34. The third kappa shape index (κ3) is 2.25. The number of anilines is 1. The molecule has 0 bridgehead atoms. The normalized spacial score (nSPS) is 16.5. The van der Waals surface area contributed by atoms with E-state index in [1.54, 1.807) is 24.0 Å². The van der Waals surface area contributed by atoms with Crippen molar-refractivity contribution in [2.75, 3.05) is 18.0 Å². The lowest BCUT2D eigenvalue weighted by Crippen LogP contribution is -2.34. The number of aromatic nitrogens is 5. The molecule has 0 spiro atoms. The van der Waals surface area contributed by atoms with Crippen LogP contribution in [-0.4, -0.2) is 37.8 Å². The van der Waals surface area contributed by atoms with Gasteiger partial charge in [0.1, 0.15) is 29.1 Å². The predicted molar refractivity (Wildman–Crippen MR) is 87.3 cm³/mol. The summed E-state index contributed by atoms with van der Waals surface area (Å²) in [6, 6.07) is 2.20. The number of piperidine rings is 1. The second-order valence-electron chi connectivity index (χ2n) is 5.83. The molecule has 114 valence electrons. The van der Waals surface area contributed by atoms with Gasteiger partial charge in [-0.3, -0.25) is 0 Å². The third-order valence-corrected chi connectivity index (χ3v) is 5.30. The zero-order chi connectivity index (χ0) is 15.1. The lowest BCUT2D eigenvalue weighted by atomic mass is 9.96. The minimum absolute atomic E-state index is 0.491. The van der Waals surface area contributed by atoms with E-state index < -0.39 is 0 Å². The Hall–Kier alpha value is -2.02. The highest BCUT2D eigenvalue weighted by molar-refractivity contribution is 7.18. The van der Waals surface area contributed by atoms with E-state index >= 15 is 0 Å². The molecule has 6 nitrogen and oxygen atoms in total. The van der Waals surface area contributed by atoms with Gasteiger partial charge < -0.3 is 9.47 Å². The van der Waals surface area contributed by atoms with E-state index in [0.717, 1.165) is 42.4 Å². The number of rotatable bonds is 2. The van der Waals surface area contributed by atoms with Crippen LogP contribution in [0.2, 0.25) is 0 Å². The van der Waals surface area contributed by atoms with Crippen LogP contribution in [0.3, 0.4) is 0 Å². The van der Waals surface area contributed by atoms with Gasteiger partial charge in [-0.15, -0.1) is 21.5 Å². The van der Waals surface area contributed by atoms with Gasteiger partial charge >= 0.3 is 0 Å². The predicted octanol–water partition coefficient (Wildman–Crippen LogP) is 2.51. The minimum Gasteiger partial charge on any atom is -0.356 e. The highest BCUT2D eigenvalue weighted by atomic mass is 32.1. The number of hydrogen-bond acceptors (Lipinski definition) is 6. The quantitative estimate of drug-likeness (QED) is 0.727. The van der Waals surface area contributed by atoms with Gasteiger partial charge in [0, 0.05) is 30.9 Å². The van der Waals surface area contributed by atoms with Gasteiger partial charge in [-0.1, -0.05) is 0 Å². The van der Waals surface area contributed by atoms with Crippen LogP contribution in [0.4, 0.5) is 5.82 Å². The van der Waals surface area contributed by atoms with Crippen LogP contribution in [0, 0.1) is 6.92 Å². The van der Waals surface area contributed by atoms with Gasteiger partial charge in [0.2, 0.25) is 0 Å². The molecule has 1 aliphatic heterocycles. The van der Waals surface area contributed by atoms with Crippen LogP contribution in [0.15, 0.2) is 18.7 Å². The molecule has 1 fully saturated rings. The summed E-state index contributed by atoms with van der Waals surface area (Å²) in [4.78, 5) is 13.7. The second kappa shape index (κ2) is 5.31. The maximum Gasteiger partial charge on any atom is 0.140 e. The number of thiophene rings is 1. The summed E-state index contributed by atoms with van der Waals surface area (Å²) in [5.74, 6) is 2.66. The molecule has 1 aliphatic rings. The number of fused-ring (bicyclic) bond motifs is 1. The molecule has 0 aromatic carbocycles. The first-order chi connectivity index (χ1) is 10.7. The average Bonchev–Trinajstić information content (AvgIpc) is 3.11. The molecule has 4 heterocycles. The van der Waals surface area contributed by atoms with Crippen molar-refractivity contribution in [2.24, 2.45) is 7.05 Å². The Morgan fingerprint density at radius 1 is 1.23 bits per heavy atom. The van der Waals surface area contributed by atoms with Crippen molar-refractivity contribution in [3.8, 4) is 0 Å². The summed E-state index contributed by atoms with van der Waals surface area (Å²) in [5.41, 5.74) is 0. The van der Waals surface area contributed by atoms with E-state index in [9.17, 15) is 0 Å². The van der Waals surface area contributed by atoms with Crippen molar-refractivity contribution in [3.05, 3.63) is 29.4 Å². The summed E-state index contributed by atoms with van der Waals surface area (Å²) >= 11 is 1.73. The molecule has 22 heavy (non-hydrogen) atoms. The molecule has 0 saturated carbocycles. The van der Waals surface area contributed by atoms with E-state index in [-0.39, 0.29) is 0 Å². The fourth-order valence-corrected chi connectivity index (χ4v) is 4.07. The molecule has 3 aromatic heterocycles. The molecule has 0 unspecified atom stereocenters. The Morgan fingerprint density at radius 2 is 2.05 bits per heavy atom. The smallest absolute Gasteiger partial charge is 0.140 e. The van der Waals surface area contributed by atoms with Crippen molar-refractivity contribution >= 4 is 27.4 Å². The molecule has 0 radical (unpaired) electrons. The van der Waals surface area contributed by atoms with Crippen molar-refractivity contribution in [3.63, 3.8) is 0 Å². The fraction of sp³-hybridized carbons (Fsp3) is 0.467. The first-order valence-corrected chi connectivity index (χ1v) is 8.34. The Labute approximate surface area is 132 Å². The fourth-order valence-electron chi connectivity index (χ4n) is 3.23. The Kier molecular flexibility index (Phi) is 3.29. The molecule has 0 N–H and O–H groups in total. The van der Waals surface area contributed by atoms with Crippen LogP contribution in [0.5, 0.6) is 0 Å². The molecule has 1 saturated heterocycles. The maximum absolute atomic E-state index is 4.54. The van der Waals surface area contributed by atoms with Crippen molar-refractivity contribution in [1.82, 2.24) is 24.7 Å². The lowest BCUT2D eigenvalue weighted by Gasteiger charge is -2.32. The second-order valence-corrected chi connectivity index (χ2v) is 7.07. The average molecular weight is 314 g/mol. The summed E-state index contributed by atoms with van der Waals surface area (Å²) in [7, 11) is 2.02. The summed E-state index contributed by atoms with van der Waals surface area (Å²) in [6.45, 7) is 4.12. The Morgan fingerprint density at radius 3 is 2.77 bits per heavy atom. The van der Waals surface area contributed by atoms with Gasteiger partial charge in [-0.2, -0.15) is 0 Å². The highest BCUT2D eigenvalue weighted by Gasteiger charge is 2.25. The first-order valence-electron chi connectivity index (χ1n) is 7.52. The van der Waals surface area contributed by atoms with Crippen LogP contribution in [-0.2, 0) is 7.05 Å². The summed E-state index contributed by atoms with van der Waals surface area (Å²) in [6.07, 6.45) is 5.63. The molecular formula is C15H18N6S. The van der Waals surface area contributed by atoms with Gasteiger partial charge in [-0.05, 0) is 25.8 Å². The largest absolute Gasteiger partial charge is 0.356 e. The Bertz CT molecular complexity index is 799. The molecule has 0 amide bonds. The zero-order valence-electron chi connectivity index (χ0n) is 12.7. The van der Waals surface area contributed by atoms with Crippen LogP contribution < -0.4 is 4.90 Å². The number of hydrogen-bond donors (Lipinski definition) is 0. The lowest BCUT2D eigenvalue weighted by molar-refractivity contribution is 0.472. The standard InChI is InChI=1S/C15H18N6S/c1-10-7-12-14(16-8-17-15(12)22-10)21-5-3-11(4-6-21)13-19-18-9-20(13)2/h7-9,11H,3-6H2,1-2H3. The molecule has 4 rings (SSSR count). The maximum atomic E-state index is 4.54. The van der Waals surface area contributed by atoms with E-state index in [1.165, 1.54) is 10.3 Å². The molecule has 7 heteroatoms. The Balaban J connectivity index is 1.57. The van der Waals surface area contributed by atoms with Gasteiger partial charge in [-0.25, -0.2) is 9.97 Å². The van der Waals surface area contributed by atoms with Crippen molar-refractivity contribution in [2.45, 2.75) is 25.7 Å². The van der Waals surface area contributed by atoms with Gasteiger partial charge in [0.15, 0.2) is 0 Å². The van der Waals surface area contributed by atoms with Crippen LogP contribution >= 0.6 is 11.3 Å². The SMILES string of the molecule is Cc1cc2c(N3CCC(c4nncn4C)CC3)ncnc2s1. The first kappa shape index (κ1) is 13.6. The van der Waals surface area contributed by atoms with Gasteiger partial charge in [0.05, 0.1) is 5.39 Å². The van der Waals surface area contributed by atoms with E-state index in [2.05, 4.69) is 38.1 Å². The molecule has 0 aliphatic carbocycles.